The average molecular weight is 381 g/mol. The minimum Gasteiger partial charge on any atom is -0.545 e. The number of carboxylic acid groups (broad SMARTS) is 1. The normalized spacial score (nSPS) is 15.3. The van der Waals surface area contributed by atoms with Crippen LogP contribution in [0.2, 0.25) is 0 Å². The summed E-state index contributed by atoms with van der Waals surface area (Å²) in [7, 11) is 0. The van der Waals surface area contributed by atoms with Crippen LogP contribution in [-0.2, 0) is 9.59 Å². The van der Waals surface area contributed by atoms with E-state index in [9.17, 15) is 24.3 Å². The zero-order valence-corrected chi connectivity index (χ0v) is 14.7. The summed E-state index contributed by atoms with van der Waals surface area (Å²) in [6, 6.07) is 14.4. The summed E-state index contributed by atoms with van der Waals surface area (Å²) < 4.78 is 0. The maximum Gasteiger partial charge on any atom is 0.294 e. The van der Waals surface area contributed by atoms with Gasteiger partial charge in [-0.05, 0) is 41.1 Å². The lowest BCUT2D eigenvalue weighted by atomic mass is 10.1. The summed E-state index contributed by atoms with van der Waals surface area (Å²) in [4.78, 5) is 48.4. The Bertz CT molecular complexity index is 938. The molecule has 1 heterocycles. The fraction of sp³-hybridized carbons (Fsp3) is 0.0526. The number of aromatic carboxylic acids is 1. The van der Waals surface area contributed by atoms with E-state index >= 15 is 0 Å². The van der Waals surface area contributed by atoms with Crippen LogP contribution in [0.5, 0.6) is 0 Å². The second-order valence-corrected chi connectivity index (χ2v) is 6.58. The van der Waals surface area contributed by atoms with Crippen molar-refractivity contribution < 1.29 is 24.3 Å². The number of thioether (sulfide) groups is 1. The van der Waals surface area contributed by atoms with E-state index in [-0.39, 0.29) is 17.0 Å². The first-order valence-corrected chi connectivity index (χ1v) is 8.67. The first-order valence-electron chi connectivity index (χ1n) is 7.86. The molecule has 136 valence electrons. The number of hydrogen-bond acceptors (Lipinski definition) is 6. The Morgan fingerprint density at radius 2 is 1.70 bits per heavy atom. The first kappa shape index (κ1) is 18.4. The van der Waals surface area contributed by atoms with E-state index in [1.165, 1.54) is 30.3 Å². The monoisotopic (exact) mass is 381 g/mol. The second-order valence-electron chi connectivity index (χ2n) is 5.59. The molecule has 3 rings (SSSR count). The van der Waals surface area contributed by atoms with Crippen molar-refractivity contribution in [3.05, 3.63) is 70.6 Å². The van der Waals surface area contributed by atoms with E-state index in [4.69, 9.17) is 0 Å². The van der Waals surface area contributed by atoms with Crippen LogP contribution in [0.1, 0.15) is 15.9 Å². The van der Waals surface area contributed by atoms with Crippen LogP contribution < -0.4 is 10.4 Å². The van der Waals surface area contributed by atoms with Gasteiger partial charge < -0.3 is 15.2 Å². The maximum absolute atomic E-state index is 12.4. The molecule has 27 heavy (non-hydrogen) atoms. The van der Waals surface area contributed by atoms with E-state index in [0.29, 0.717) is 11.3 Å². The molecule has 2 aromatic rings. The standard InChI is InChI=1S/C19H14N2O5S/c22-16(20-14-4-2-1-3-5-14)11-21-17(23)15(27-19(21)26)10-12-6-8-13(9-7-12)18(24)25/h1-10H,11H2,(H,20,22)(H,24,25)/p-1/b15-10-. The predicted octanol–water partition coefficient (Wildman–Crippen LogP) is 1.73. The number of carboxylic acids is 1. The van der Waals surface area contributed by atoms with Crippen molar-refractivity contribution in [2.45, 2.75) is 0 Å². The molecule has 2 aromatic carbocycles. The number of imide groups is 1. The summed E-state index contributed by atoms with van der Waals surface area (Å²) in [6.45, 7) is -0.388. The topological polar surface area (TPSA) is 107 Å². The van der Waals surface area contributed by atoms with Gasteiger partial charge in [0.05, 0.1) is 10.9 Å². The number of hydrogen-bond donors (Lipinski definition) is 1. The highest BCUT2D eigenvalue weighted by Gasteiger charge is 2.36. The minimum atomic E-state index is -1.30. The second kappa shape index (κ2) is 7.88. The number of nitrogens with zero attached hydrogens (tertiary/aromatic N) is 1. The molecule has 0 unspecified atom stereocenters. The van der Waals surface area contributed by atoms with Gasteiger partial charge in [-0.25, -0.2) is 0 Å². The summed E-state index contributed by atoms with van der Waals surface area (Å²) in [5, 5.41) is 12.8. The van der Waals surface area contributed by atoms with Crippen LogP contribution in [0.3, 0.4) is 0 Å². The van der Waals surface area contributed by atoms with E-state index in [1.54, 1.807) is 30.3 Å². The lowest BCUT2D eigenvalue weighted by Crippen LogP contribution is -2.36. The van der Waals surface area contributed by atoms with E-state index in [2.05, 4.69) is 5.32 Å². The lowest BCUT2D eigenvalue weighted by Gasteiger charge is -2.12. The average Bonchev–Trinajstić information content (AvgIpc) is 2.90. The van der Waals surface area contributed by atoms with E-state index in [1.807, 2.05) is 0 Å². The highest BCUT2D eigenvalue weighted by Crippen LogP contribution is 2.32. The van der Waals surface area contributed by atoms with Crippen molar-refractivity contribution >= 4 is 46.5 Å². The van der Waals surface area contributed by atoms with Crippen LogP contribution >= 0.6 is 11.8 Å². The van der Waals surface area contributed by atoms with Gasteiger partial charge in [0, 0.05) is 5.69 Å². The molecule has 1 N–H and O–H groups in total. The Balaban J connectivity index is 1.69. The van der Waals surface area contributed by atoms with Crippen molar-refractivity contribution in [3.63, 3.8) is 0 Å². The minimum absolute atomic E-state index is 0.0119. The zero-order chi connectivity index (χ0) is 19.4. The number of amides is 3. The molecule has 7 nitrogen and oxygen atoms in total. The van der Waals surface area contributed by atoms with E-state index in [0.717, 1.165) is 16.7 Å². The number of benzene rings is 2. The summed E-state index contributed by atoms with van der Waals surface area (Å²) in [6.07, 6.45) is 1.47. The van der Waals surface area contributed by atoms with Crippen LogP contribution in [0.25, 0.3) is 6.08 Å². The third-order valence-electron chi connectivity index (χ3n) is 3.68. The van der Waals surface area contributed by atoms with Crippen molar-refractivity contribution in [2.24, 2.45) is 0 Å². The molecule has 0 radical (unpaired) electrons. The molecule has 3 amide bonds. The van der Waals surface area contributed by atoms with Gasteiger partial charge in [0.2, 0.25) is 5.91 Å². The Morgan fingerprint density at radius 3 is 2.33 bits per heavy atom. The van der Waals surface area contributed by atoms with Gasteiger partial charge in [-0.3, -0.25) is 19.3 Å². The molecule has 1 aliphatic rings. The summed E-state index contributed by atoms with van der Waals surface area (Å²) in [5.41, 5.74) is 1.13. The van der Waals surface area contributed by atoms with Crippen molar-refractivity contribution in [1.29, 1.82) is 0 Å². The number of carbonyl (C=O) groups is 4. The van der Waals surface area contributed by atoms with E-state index < -0.39 is 23.0 Å². The molecular formula is C19H13N2O5S-. The Kier molecular flexibility index (Phi) is 5.37. The molecule has 0 atom stereocenters. The van der Waals surface area contributed by atoms with Crippen molar-refractivity contribution in [3.8, 4) is 0 Å². The van der Waals surface area contributed by atoms with Crippen LogP contribution in [0, 0.1) is 0 Å². The van der Waals surface area contributed by atoms with Gasteiger partial charge in [0.15, 0.2) is 0 Å². The molecule has 0 saturated carbocycles. The van der Waals surface area contributed by atoms with Gasteiger partial charge in [0.1, 0.15) is 6.54 Å². The third kappa shape index (κ3) is 4.42. The molecule has 0 spiro atoms. The number of carbonyl (C=O) groups excluding carboxylic acids is 4. The van der Waals surface area contributed by atoms with Gasteiger partial charge >= 0.3 is 0 Å². The first-order chi connectivity index (χ1) is 12.9. The number of anilines is 1. The molecular weight excluding hydrogens is 368 g/mol. The molecule has 1 aliphatic heterocycles. The quantitative estimate of drug-likeness (QED) is 0.791. The highest BCUT2D eigenvalue weighted by molar-refractivity contribution is 8.18. The molecule has 0 aromatic heterocycles. The Morgan fingerprint density at radius 1 is 1.04 bits per heavy atom. The molecule has 0 aliphatic carbocycles. The molecule has 1 saturated heterocycles. The maximum atomic E-state index is 12.4. The fourth-order valence-electron chi connectivity index (χ4n) is 2.37. The van der Waals surface area contributed by atoms with Crippen molar-refractivity contribution in [1.82, 2.24) is 4.90 Å². The van der Waals surface area contributed by atoms with Gasteiger partial charge in [0.25, 0.3) is 11.1 Å². The highest BCUT2D eigenvalue weighted by atomic mass is 32.2. The largest absolute Gasteiger partial charge is 0.545 e. The van der Waals surface area contributed by atoms with Crippen LogP contribution in [-0.4, -0.2) is 34.5 Å². The Hall–Kier alpha value is -3.39. The third-order valence-corrected chi connectivity index (χ3v) is 4.58. The Labute approximate surface area is 158 Å². The van der Waals surface area contributed by atoms with Crippen LogP contribution in [0.4, 0.5) is 10.5 Å². The van der Waals surface area contributed by atoms with Gasteiger partial charge in [-0.1, -0.05) is 42.5 Å². The zero-order valence-electron chi connectivity index (χ0n) is 13.9. The van der Waals surface area contributed by atoms with Crippen LogP contribution in [0.15, 0.2) is 59.5 Å². The lowest BCUT2D eigenvalue weighted by molar-refractivity contribution is -0.255. The number of nitrogens with one attached hydrogen (secondary N) is 1. The van der Waals surface area contributed by atoms with Crippen molar-refractivity contribution in [2.75, 3.05) is 11.9 Å². The summed E-state index contributed by atoms with van der Waals surface area (Å²) in [5.74, 6) is -2.36. The smallest absolute Gasteiger partial charge is 0.294 e. The molecule has 1 fully saturated rings. The number of rotatable bonds is 5. The fourth-order valence-corrected chi connectivity index (χ4v) is 3.21. The molecule has 8 heteroatoms. The molecule has 0 bridgehead atoms. The van der Waals surface area contributed by atoms with Gasteiger partial charge in [-0.15, -0.1) is 0 Å². The number of para-hydroxylation sites is 1. The predicted molar refractivity (Wildman–Crippen MR) is 98.5 cm³/mol. The van der Waals surface area contributed by atoms with Gasteiger partial charge in [-0.2, -0.15) is 0 Å². The SMILES string of the molecule is O=C(CN1C(=O)S/C(=C\c2ccc(C(=O)[O-])cc2)C1=O)Nc1ccccc1. The summed E-state index contributed by atoms with van der Waals surface area (Å²) >= 11 is 0.725.